The van der Waals surface area contributed by atoms with E-state index in [1.165, 1.54) is 20.3 Å². The Morgan fingerprint density at radius 1 is 1.26 bits per heavy atom. The van der Waals surface area contributed by atoms with Gasteiger partial charge in [0.2, 0.25) is 5.92 Å². The second kappa shape index (κ2) is 5.15. The Hall–Kier alpha value is -1.65. The summed E-state index contributed by atoms with van der Waals surface area (Å²) in [5, 5.41) is 0. The van der Waals surface area contributed by atoms with E-state index in [9.17, 15) is 13.6 Å². The lowest BCUT2D eigenvalue weighted by molar-refractivity contribution is 0.00530. The summed E-state index contributed by atoms with van der Waals surface area (Å²) in [5.41, 5.74) is 0.389. The van der Waals surface area contributed by atoms with Crippen molar-refractivity contribution < 1.29 is 23.0 Å². The van der Waals surface area contributed by atoms with Crippen molar-refractivity contribution in [3.8, 4) is 11.5 Å². The average Bonchev–Trinajstić information content (AvgIpc) is 2.77. The molecule has 1 unspecified atom stereocenters. The van der Waals surface area contributed by atoms with Crippen LogP contribution in [0.4, 0.5) is 8.78 Å². The van der Waals surface area contributed by atoms with Crippen LogP contribution >= 0.6 is 0 Å². The molecule has 0 saturated heterocycles. The lowest BCUT2D eigenvalue weighted by Gasteiger charge is -2.12. The Balaban J connectivity index is 2.20. The number of ketones is 1. The third kappa shape index (κ3) is 2.85. The summed E-state index contributed by atoms with van der Waals surface area (Å²) in [5.74, 6) is -2.63. The van der Waals surface area contributed by atoms with Crippen LogP contribution in [0.2, 0.25) is 0 Å². The van der Waals surface area contributed by atoms with Crippen molar-refractivity contribution in [2.24, 2.45) is 5.92 Å². The predicted molar refractivity (Wildman–Crippen MR) is 66.2 cm³/mol. The zero-order valence-electron chi connectivity index (χ0n) is 10.9. The summed E-state index contributed by atoms with van der Waals surface area (Å²) in [6, 6.07) is 4.73. The number of hydrogen-bond donors (Lipinski definition) is 0. The maximum absolute atomic E-state index is 13.1. The summed E-state index contributed by atoms with van der Waals surface area (Å²) in [6.45, 7) is 0. The van der Waals surface area contributed by atoms with Gasteiger partial charge in [-0.2, -0.15) is 0 Å². The van der Waals surface area contributed by atoms with Gasteiger partial charge >= 0.3 is 0 Å². The molecule has 3 nitrogen and oxygen atoms in total. The van der Waals surface area contributed by atoms with Crippen LogP contribution in [0.5, 0.6) is 11.5 Å². The van der Waals surface area contributed by atoms with Crippen LogP contribution in [-0.2, 0) is 0 Å². The molecule has 1 aliphatic rings. The van der Waals surface area contributed by atoms with Gasteiger partial charge < -0.3 is 9.47 Å². The van der Waals surface area contributed by atoms with Crippen LogP contribution in [-0.4, -0.2) is 25.9 Å². The highest BCUT2D eigenvalue weighted by molar-refractivity contribution is 5.98. The number of Topliss-reactive ketones (excluding diaryl/α,β-unsaturated/α-hetero) is 1. The van der Waals surface area contributed by atoms with Crippen molar-refractivity contribution in [3.05, 3.63) is 23.8 Å². The minimum Gasteiger partial charge on any atom is -0.493 e. The Kier molecular flexibility index (Phi) is 3.73. The lowest BCUT2D eigenvalue weighted by Crippen LogP contribution is -2.15. The summed E-state index contributed by atoms with van der Waals surface area (Å²) >= 11 is 0. The summed E-state index contributed by atoms with van der Waals surface area (Å²) in [6.07, 6.45) is -0.336. The van der Waals surface area contributed by atoms with Crippen molar-refractivity contribution in [2.75, 3.05) is 14.2 Å². The molecule has 0 N–H and O–H groups in total. The number of halogens is 2. The van der Waals surface area contributed by atoms with E-state index in [0.29, 0.717) is 17.1 Å². The van der Waals surface area contributed by atoms with Crippen molar-refractivity contribution in [1.82, 2.24) is 0 Å². The SMILES string of the molecule is COc1ccc(C(=O)C2CCC(F)(F)C2)cc1OC. The fourth-order valence-electron chi connectivity index (χ4n) is 2.40. The molecule has 0 aliphatic heterocycles. The van der Waals surface area contributed by atoms with Gasteiger partial charge in [0.15, 0.2) is 17.3 Å². The molecule has 0 heterocycles. The maximum Gasteiger partial charge on any atom is 0.248 e. The zero-order chi connectivity index (χ0) is 14.0. The average molecular weight is 270 g/mol. The standard InChI is InChI=1S/C14H16F2O3/c1-18-11-4-3-9(7-12(11)19-2)13(17)10-5-6-14(15,16)8-10/h3-4,7,10H,5-6,8H2,1-2H3. The first kappa shape index (κ1) is 13.8. The molecule has 0 aromatic heterocycles. The molecular formula is C14H16F2O3. The number of hydrogen-bond acceptors (Lipinski definition) is 3. The molecule has 1 saturated carbocycles. The molecule has 1 aromatic carbocycles. The molecule has 0 radical (unpaired) electrons. The van der Waals surface area contributed by atoms with Crippen LogP contribution in [0, 0.1) is 5.92 Å². The van der Waals surface area contributed by atoms with E-state index in [0.717, 1.165) is 0 Å². The van der Waals surface area contributed by atoms with Gasteiger partial charge in [-0.1, -0.05) is 0 Å². The molecule has 2 rings (SSSR count). The minimum atomic E-state index is -2.71. The molecule has 1 aliphatic carbocycles. The molecule has 19 heavy (non-hydrogen) atoms. The van der Waals surface area contributed by atoms with Crippen LogP contribution in [0.25, 0.3) is 0 Å². The largest absolute Gasteiger partial charge is 0.493 e. The fraction of sp³-hybridized carbons (Fsp3) is 0.500. The van der Waals surface area contributed by atoms with Gasteiger partial charge in [0.05, 0.1) is 14.2 Å². The van der Waals surface area contributed by atoms with Gasteiger partial charge in [-0.15, -0.1) is 0 Å². The van der Waals surface area contributed by atoms with E-state index in [4.69, 9.17) is 9.47 Å². The minimum absolute atomic E-state index is 0.212. The summed E-state index contributed by atoms with van der Waals surface area (Å²) < 4.78 is 36.5. The Labute approximate surface area is 110 Å². The summed E-state index contributed by atoms with van der Waals surface area (Å²) in [7, 11) is 2.96. The van der Waals surface area contributed by atoms with Crippen molar-refractivity contribution in [1.29, 1.82) is 0 Å². The van der Waals surface area contributed by atoms with Crippen LogP contribution in [0.3, 0.4) is 0 Å². The van der Waals surface area contributed by atoms with E-state index < -0.39 is 11.8 Å². The maximum atomic E-state index is 13.1. The number of carbonyl (C=O) groups is 1. The van der Waals surface area contributed by atoms with Crippen molar-refractivity contribution in [3.63, 3.8) is 0 Å². The monoisotopic (exact) mass is 270 g/mol. The first-order valence-electron chi connectivity index (χ1n) is 6.11. The summed E-state index contributed by atoms with van der Waals surface area (Å²) in [4.78, 5) is 12.2. The number of benzene rings is 1. The van der Waals surface area contributed by atoms with E-state index in [2.05, 4.69) is 0 Å². The first-order chi connectivity index (χ1) is 8.96. The van der Waals surface area contributed by atoms with Gasteiger partial charge in [0, 0.05) is 24.3 Å². The van der Waals surface area contributed by atoms with Crippen LogP contribution in [0.1, 0.15) is 29.6 Å². The predicted octanol–water partition coefficient (Wildman–Crippen LogP) is 3.32. The number of alkyl halides is 2. The second-order valence-corrected chi connectivity index (χ2v) is 4.73. The van der Waals surface area contributed by atoms with Crippen LogP contribution in [0.15, 0.2) is 18.2 Å². The van der Waals surface area contributed by atoms with E-state index >= 15 is 0 Å². The van der Waals surface area contributed by atoms with Crippen LogP contribution < -0.4 is 9.47 Å². The zero-order valence-corrected chi connectivity index (χ0v) is 10.9. The fourth-order valence-corrected chi connectivity index (χ4v) is 2.40. The van der Waals surface area contributed by atoms with E-state index in [1.807, 2.05) is 0 Å². The third-order valence-corrected chi connectivity index (χ3v) is 3.44. The lowest BCUT2D eigenvalue weighted by atomic mass is 9.96. The van der Waals surface area contributed by atoms with Crippen molar-refractivity contribution >= 4 is 5.78 Å². The number of carbonyl (C=O) groups excluding carboxylic acids is 1. The number of methoxy groups -OCH3 is 2. The molecule has 1 atom stereocenters. The molecular weight excluding hydrogens is 254 g/mol. The number of rotatable bonds is 4. The highest BCUT2D eigenvalue weighted by Crippen LogP contribution is 2.40. The van der Waals surface area contributed by atoms with Gasteiger partial charge in [0.25, 0.3) is 0 Å². The molecule has 0 amide bonds. The second-order valence-electron chi connectivity index (χ2n) is 4.73. The third-order valence-electron chi connectivity index (χ3n) is 3.44. The van der Waals surface area contributed by atoms with Gasteiger partial charge in [0.1, 0.15) is 0 Å². The molecule has 0 bridgehead atoms. The van der Waals surface area contributed by atoms with Crippen molar-refractivity contribution in [2.45, 2.75) is 25.2 Å². The molecule has 5 heteroatoms. The smallest absolute Gasteiger partial charge is 0.248 e. The first-order valence-corrected chi connectivity index (χ1v) is 6.11. The van der Waals surface area contributed by atoms with E-state index in [1.54, 1.807) is 12.1 Å². The molecule has 104 valence electrons. The Bertz CT molecular complexity index is 486. The Morgan fingerprint density at radius 2 is 1.95 bits per heavy atom. The number of ether oxygens (including phenoxy) is 2. The normalized spacial score (nSPS) is 21.2. The van der Waals surface area contributed by atoms with E-state index in [-0.39, 0.29) is 25.0 Å². The topological polar surface area (TPSA) is 35.5 Å². The molecule has 0 spiro atoms. The highest BCUT2D eigenvalue weighted by Gasteiger charge is 2.42. The molecule has 1 aromatic rings. The molecule has 1 fully saturated rings. The van der Waals surface area contributed by atoms with Gasteiger partial charge in [-0.05, 0) is 24.6 Å². The Morgan fingerprint density at radius 3 is 2.47 bits per heavy atom. The quantitative estimate of drug-likeness (QED) is 0.787. The van der Waals surface area contributed by atoms with Gasteiger partial charge in [-0.3, -0.25) is 4.79 Å². The highest BCUT2D eigenvalue weighted by atomic mass is 19.3. The van der Waals surface area contributed by atoms with Gasteiger partial charge in [-0.25, -0.2) is 8.78 Å².